The van der Waals surface area contributed by atoms with Crippen LogP contribution >= 0.6 is 0 Å². The van der Waals surface area contributed by atoms with Crippen molar-refractivity contribution in [1.29, 1.82) is 0 Å². The summed E-state index contributed by atoms with van der Waals surface area (Å²) >= 11 is 0. The molecule has 0 spiro atoms. The Bertz CT molecular complexity index is 525. The first-order chi connectivity index (χ1) is 8.42. The van der Waals surface area contributed by atoms with Gasteiger partial charge in [0.1, 0.15) is 6.04 Å². The van der Waals surface area contributed by atoms with Crippen LogP contribution in [0.15, 0.2) is 29.2 Å². The second-order valence-corrected chi connectivity index (χ2v) is 6.09. The van der Waals surface area contributed by atoms with Gasteiger partial charge in [-0.1, -0.05) is 26.0 Å². The highest BCUT2D eigenvalue weighted by Crippen LogP contribution is 2.23. The molecule has 1 atom stereocenters. The van der Waals surface area contributed by atoms with Crippen LogP contribution in [0.4, 0.5) is 5.69 Å². The second-order valence-electron chi connectivity index (χ2n) is 3.84. The number of hydrogen-bond acceptors (Lipinski definition) is 4. The summed E-state index contributed by atoms with van der Waals surface area (Å²) in [5.41, 5.74) is 0.341. The topological polar surface area (TPSA) is 83.5 Å². The van der Waals surface area contributed by atoms with Gasteiger partial charge in [-0.15, -0.1) is 0 Å². The first-order valence-electron chi connectivity index (χ1n) is 5.73. The van der Waals surface area contributed by atoms with E-state index in [9.17, 15) is 13.2 Å². The number of benzene rings is 1. The van der Waals surface area contributed by atoms with Gasteiger partial charge >= 0.3 is 5.97 Å². The van der Waals surface area contributed by atoms with E-state index < -0.39 is 21.8 Å². The molecule has 0 aromatic heterocycles. The van der Waals surface area contributed by atoms with Gasteiger partial charge in [0.05, 0.1) is 16.3 Å². The van der Waals surface area contributed by atoms with E-state index >= 15 is 0 Å². The molecule has 0 radical (unpaired) electrons. The number of nitrogens with one attached hydrogen (secondary N) is 1. The van der Waals surface area contributed by atoms with E-state index in [0.717, 1.165) is 0 Å². The van der Waals surface area contributed by atoms with Crippen molar-refractivity contribution in [1.82, 2.24) is 0 Å². The number of rotatable bonds is 6. The molecular weight excluding hydrogens is 254 g/mol. The van der Waals surface area contributed by atoms with E-state index in [1.807, 2.05) is 0 Å². The van der Waals surface area contributed by atoms with Gasteiger partial charge < -0.3 is 10.4 Å². The summed E-state index contributed by atoms with van der Waals surface area (Å²) in [4.78, 5) is 11.1. The van der Waals surface area contributed by atoms with Gasteiger partial charge in [-0.3, -0.25) is 0 Å². The minimum absolute atomic E-state index is 0.0183. The lowest BCUT2D eigenvalue weighted by Crippen LogP contribution is -2.29. The maximum Gasteiger partial charge on any atom is 0.326 e. The molecule has 100 valence electrons. The van der Waals surface area contributed by atoms with Gasteiger partial charge in [-0.25, -0.2) is 13.2 Å². The van der Waals surface area contributed by atoms with Gasteiger partial charge in [0.25, 0.3) is 0 Å². The van der Waals surface area contributed by atoms with E-state index in [2.05, 4.69) is 5.32 Å². The van der Waals surface area contributed by atoms with Crippen molar-refractivity contribution in [2.45, 2.75) is 31.2 Å². The van der Waals surface area contributed by atoms with Crippen LogP contribution in [0.2, 0.25) is 0 Å². The van der Waals surface area contributed by atoms with Crippen molar-refractivity contribution in [3.63, 3.8) is 0 Å². The van der Waals surface area contributed by atoms with Crippen LogP contribution in [0, 0.1) is 0 Å². The molecule has 0 heterocycles. The predicted octanol–water partition coefficient (Wildman–Crippen LogP) is 1.76. The van der Waals surface area contributed by atoms with E-state index in [1.165, 1.54) is 6.07 Å². The molecule has 0 bridgehead atoms. The normalized spacial score (nSPS) is 13.0. The molecule has 0 saturated carbocycles. The number of para-hydroxylation sites is 1. The van der Waals surface area contributed by atoms with Gasteiger partial charge in [0.15, 0.2) is 9.84 Å². The van der Waals surface area contributed by atoms with E-state index in [-0.39, 0.29) is 10.6 Å². The zero-order valence-corrected chi connectivity index (χ0v) is 11.2. The van der Waals surface area contributed by atoms with Crippen LogP contribution in [0.5, 0.6) is 0 Å². The molecule has 0 fully saturated rings. The predicted molar refractivity (Wildman–Crippen MR) is 69.5 cm³/mol. The third-order valence-electron chi connectivity index (χ3n) is 2.64. The quantitative estimate of drug-likeness (QED) is 0.823. The Hall–Kier alpha value is -1.56. The zero-order chi connectivity index (χ0) is 13.8. The monoisotopic (exact) mass is 271 g/mol. The Balaban J connectivity index is 3.14. The summed E-state index contributed by atoms with van der Waals surface area (Å²) in [6, 6.07) is 5.56. The standard InChI is InChI=1S/C12H17NO4S/c1-3-9(12(14)15)13-10-7-5-6-8-11(10)18(16,17)4-2/h5-9,13H,3-4H2,1-2H3,(H,14,15). The van der Waals surface area contributed by atoms with Crippen LogP contribution in [0.1, 0.15) is 20.3 Å². The number of carboxylic acids is 1. The van der Waals surface area contributed by atoms with E-state index in [0.29, 0.717) is 12.1 Å². The van der Waals surface area contributed by atoms with Gasteiger partial charge in [-0.05, 0) is 18.6 Å². The van der Waals surface area contributed by atoms with Gasteiger partial charge in [-0.2, -0.15) is 0 Å². The largest absolute Gasteiger partial charge is 0.480 e. The minimum Gasteiger partial charge on any atom is -0.480 e. The van der Waals surface area contributed by atoms with Crippen molar-refractivity contribution in [2.75, 3.05) is 11.1 Å². The van der Waals surface area contributed by atoms with Crippen LogP contribution in [-0.2, 0) is 14.6 Å². The van der Waals surface area contributed by atoms with Crippen LogP contribution in [-0.4, -0.2) is 31.3 Å². The lowest BCUT2D eigenvalue weighted by atomic mass is 10.2. The Kier molecular flexibility index (Phi) is 4.72. The Morgan fingerprint density at radius 3 is 2.44 bits per heavy atom. The lowest BCUT2D eigenvalue weighted by Gasteiger charge is -2.16. The molecule has 0 amide bonds. The number of anilines is 1. The van der Waals surface area contributed by atoms with Gasteiger partial charge in [0.2, 0.25) is 0 Å². The maximum absolute atomic E-state index is 11.9. The fourth-order valence-electron chi connectivity index (χ4n) is 1.54. The summed E-state index contributed by atoms with van der Waals surface area (Å²) < 4.78 is 23.7. The molecule has 0 aliphatic rings. The van der Waals surface area contributed by atoms with Crippen molar-refractivity contribution >= 4 is 21.5 Å². The number of aliphatic carboxylic acids is 1. The first-order valence-corrected chi connectivity index (χ1v) is 7.38. The van der Waals surface area contributed by atoms with E-state index in [1.54, 1.807) is 32.0 Å². The summed E-state index contributed by atoms with van der Waals surface area (Å²) in [5.74, 6) is -1.02. The third kappa shape index (κ3) is 3.22. The maximum atomic E-state index is 11.9. The Labute approximate surface area is 107 Å². The van der Waals surface area contributed by atoms with Crippen molar-refractivity contribution in [2.24, 2.45) is 0 Å². The van der Waals surface area contributed by atoms with E-state index in [4.69, 9.17) is 5.11 Å². The highest BCUT2D eigenvalue weighted by Gasteiger charge is 2.20. The van der Waals surface area contributed by atoms with Crippen LogP contribution < -0.4 is 5.32 Å². The molecule has 0 aliphatic carbocycles. The molecule has 0 aliphatic heterocycles. The molecule has 1 rings (SSSR count). The zero-order valence-electron chi connectivity index (χ0n) is 10.4. The minimum atomic E-state index is -3.36. The van der Waals surface area contributed by atoms with Crippen molar-refractivity contribution in [3.05, 3.63) is 24.3 Å². The highest BCUT2D eigenvalue weighted by molar-refractivity contribution is 7.91. The van der Waals surface area contributed by atoms with Gasteiger partial charge in [0, 0.05) is 0 Å². The summed E-state index contributed by atoms with van der Waals surface area (Å²) in [7, 11) is -3.36. The number of carbonyl (C=O) groups is 1. The number of hydrogen-bond donors (Lipinski definition) is 2. The summed E-state index contributed by atoms with van der Waals surface area (Å²) in [6.07, 6.45) is 0.371. The SMILES string of the molecule is CCC(Nc1ccccc1S(=O)(=O)CC)C(=O)O. The fourth-order valence-corrected chi connectivity index (χ4v) is 2.60. The Morgan fingerprint density at radius 2 is 1.94 bits per heavy atom. The molecule has 18 heavy (non-hydrogen) atoms. The number of carboxylic acid groups (broad SMARTS) is 1. The smallest absolute Gasteiger partial charge is 0.326 e. The average molecular weight is 271 g/mol. The molecule has 0 saturated heterocycles. The molecule has 1 aromatic carbocycles. The lowest BCUT2D eigenvalue weighted by molar-refractivity contribution is -0.137. The van der Waals surface area contributed by atoms with Crippen LogP contribution in [0.3, 0.4) is 0 Å². The molecule has 2 N–H and O–H groups in total. The molecular formula is C12H17NO4S. The van der Waals surface area contributed by atoms with Crippen LogP contribution in [0.25, 0.3) is 0 Å². The molecule has 5 nitrogen and oxygen atoms in total. The molecule has 1 aromatic rings. The second kappa shape index (κ2) is 5.86. The third-order valence-corrected chi connectivity index (χ3v) is 4.42. The highest BCUT2D eigenvalue weighted by atomic mass is 32.2. The Morgan fingerprint density at radius 1 is 1.33 bits per heavy atom. The van der Waals surface area contributed by atoms with Crippen molar-refractivity contribution in [3.8, 4) is 0 Å². The molecule has 1 unspecified atom stereocenters. The fraction of sp³-hybridized carbons (Fsp3) is 0.417. The summed E-state index contributed by atoms with van der Waals surface area (Å²) in [5, 5.41) is 11.7. The number of sulfone groups is 1. The molecule has 6 heteroatoms. The summed E-state index contributed by atoms with van der Waals surface area (Å²) in [6.45, 7) is 3.28. The van der Waals surface area contributed by atoms with Crippen molar-refractivity contribution < 1.29 is 18.3 Å². The first kappa shape index (κ1) is 14.5. The average Bonchev–Trinajstić information content (AvgIpc) is 2.35.